The molecule has 0 spiro atoms. The van der Waals surface area contributed by atoms with Crippen LogP contribution in [0.1, 0.15) is 4.88 Å². The molecule has 1 unspecified atom stereocenters. The normalized spacial score (nSPS) is 21.7. The number of aliphatic carboxylic acids is 1. The first-order valence-corrected chi connectivity index (χ1v) is 9.45. The highest BCUT2D eigenvalue weighted by Gasteiger charge is 2.54. The first-order valence-electron chi connectivity index (χ1n) is 7.52. The Hall–Kier alpha value is -2.53. The summed E-state index contributed by atoms with van der Waals surface area (Å²) in [6.07, 6.45) is -0.860. The molecule has 0 saturated carbocycles. The minimum atomic E-state index is -1.30. The standard InChI is InChI=1S/C15H15N3O6S2/c16-15(23)24-5-7-6-26-13-10(12(20)18(13)11(7)14(21)22)17-9(19)4-8-2-1-3-25-8/h1-3,10,13H,4-6H2,(H2,16,23)(H,17,19)(H,21,22)/t10?,13-/m1/s1. The van der Waals surface area contributed by atoms with Gasteiger partial charge in [-0.3, -0.25) is 14.5 Å². The van der Waals surface area contributed by atoms with Crippen LogP contribution in [0.3, 0.4) is 0 Å². The summed E-state index contributed by atoms with van der Waals surface area (Å²) in [7, 11) is 0. The van der Waals surface area contributed by atoms with Crippen LogP contribution in [0, 0.1) is 0 Å². The lowest BCUT2D eigenvalue weighted by Crippen LogP contribution is -2.70. The highest BCUT2D eigenvalue weighted by Crippen LogP contribution is 2.40. The monoisotopic (exact) mass is 397 g/mol. The molecule has 1 saturated heterocycles. The number of β-lactam (4-membered cyclic amide) rings is 1. The maximum atomic E-state index is 12.4. The Bertz CT molecular complexity index is 791. The smallest absolute Gasteiger partial charge is 0.404 e. The van der Waals surface area contributed by atoms with E-state index in [0.717, 1.165) is 9.78 Å². The molecule has 3 rings (SSSR count). The van der Waals surface area contributed by atoms with Crippen molar-refractivity contribution in [1.29, 1.82) is 0 Å². The Morgan fingerprint density at radius 2 is 2.19 bits per heavy atom. The minimum Gasteiger partial charge on any atom is -0.477 e. The fourth-order valence-corrected chi connectivity index (χ4v) is 4.78. The number of thiophene rings is 1. The number of carbonyl (C=O) groups excluding carboxylic acids is 3. The molecule has 2 aliphatic heterocycles. The summed E-state index contributed by atoms with van der Waals surface area (Å²) in [6, 6.07) is 2.88. The molecule has 3 amide bonds. The van der Waals surface area contributed by atoms with Gasteiger partial charge in [0, 0.05) is 16.2 Å². The van der Waals surface area contributed by atoms with Crippen LogP contribution in [-0.2, 0) is 25.5 Å². The number of carboxylic acids is 1. The molecule has 0 aliphatic carbocycles. The van der Waals surface area contributed by atoms with E-state index in [1.807, 2.05) is 17.5 Å². The van der Waals surface area contributed by atoms with Crippen molar-refractivity contribution in [3.05, 3.63) is 33.7 Å². The van der Waals surface area contributed by atoms with Crippen molar-refractivity contribution >= 4 is 47.0 Å². The third-order valence-electron chi connectivity index (χ3n) is 3.87. The third-order valence-corrected chi connectivity index (χ3v) is 6.09. The zero-order chi connectivity index (χ0) is 18.8. The highest BCUT2D eigenvalue weighted by atomic mass is 32.2. The molecule has 1 fully saturated rings. The Morgan fingerprint density at radius 3 is 2.81 bits per heavy atom. The van der Waals surface area contributed by atoms with Gasteiger partial charge in [-0.25, -0.2) is 9.59 Å². The quantitative estimate of drug-likeness (QED) is 0.580. The molecule has 3 heterocycles. The number of primary amides is 1. The number of thioether (sulfide) groups is 1. The average molecular weight is 397 g/mol. The summed E-state index contributed by atoms with van der Waals surface area (Å²) in [5, 5.41) is 13.5. The van der Waals surface area contributed by atoms with E-state index in [2.05, 4.69) is 10.1 Å². The Labute approximate surface area is 156 Å². The van der Waals surface area contributed by atoms with E-state index in [1.54, 1.807) is 0 Å². The van der Waals surface area contributed by atoms with Crippen LogP contribution in [0.2, 0.25) is 0 Å². The molecular formula is C15H15N3O6S2. The van der Waals surface area contributed by atoms with E-state index >= 15 is 0 Å². The van der Waals surface area contributed by atoms with Crippen molar-refractivity contribution in [3.63, 3.8) is 0 Å². The van der Waals surface area contributed by atoms with Gasteiger partial charge in [0.15, 0.2) is 0 Å². The second-order valence-electron chi connectivity index (χ2n) is 5.58. The number of nitrogens with zero attached hydrogens (tertiary/aromatic N) is 1. The summed E-state index contributed by atoms with van der Waals surface area (Å²) in [5.41, 5.74) is 4.97. The van der Waals surface area contributed by atoms with Crippen LogP contribution in [0.15, 0.2) is 28.8 Å². The fourth-order valence-electron chi connectivity index (χ4n) is 2.75. The van der Waals surface area contributed by atoms with Gasteiger partial charge < -0.3 is 20.9 Å². The van der Waals surface area contributed by atoms with E-state index in [1.165, 1.54) is 23.1 Å². The molecule has 0 aromatic carbocycles. The van der Waals surface area contributed by atoms with Crippen molar-refractivity contribution in [2.24, 2.45) is 5.73 Å². The largest absolute Gasteiger partial charge is 0.477 e. The van der Waals surface area contributed by atoms with Crippen molar-refractivity contribution in [3.8, 4) is 0 Å². The maximum Gasteiger partial charge on any atom is 0.404 e. The first kappa shape index (κ1) is 18.3. The lowest BCUT2D eigenvalue weighted by molar-refractivity contribution is -0.150. The number of fused-ring (bicyclic) bond motifs is 1. The van der Waals surface area contributed by atoms with Crippen molar-refractivity contribution in [1.82, 2.24) is 10.2 Å². The van der Waals surface area contributed by atoms with Gasteiger partial charge in [-0.1, -0.05) is 6.07 Å². The van der Waals surface area contributed by atoms with Crippen molar-refractivity contribution < 1.29 is 29.0 Å². The second-order valence-corrected chi connectivity index (χ2v) is 7.71. The predicted octanol–water partition coefficient (Wildman–Crippen LogP) is 0.125. The zero-order valence-electron chi connectivity index (χ0n) is 13.3. The van der Waals surface area contributed by atoms with Gasteiger partial charge >= 0.3 is 12.1 Å². The molecule has 1 aromatic heterocycles. The molecule has 0 bridgehead atoms. The Balaban J connectivity index is 1.69. The molecule has 9 nitrogen and oxygen atoms in total. The lowest BCUT2D eigenvalue weighted by Gasteiger charge is -2.49. The van der Waals surface area contributed by atoms with Crippen LogP contribution in [0.25, 0.3) is 0 Å². The van der Waals surface area contributed by atoms with Gasteiger partial charge in [0.1, 0.15) is 23.7 Å². The van der Waals surface area contributed by atoms with Gasteiger partial charge in [0.2, 0.25) is 5.91 Å². The van der Waals surface area contributed by atoms with Crippen LogP contribution >= 0.6 is 23.1 Å². The third kappa shape index (κ3) is 3.53. The molecule has 11 heteroatoms. The predicted molar refractivity (Wildman–Crippen MR) is 93.2 cm³/mol. The second kappa shape index (κ2) is 7.38. The Kier molecular flexibility index (Phi) is 5.18. The summed E-state index contributed by atoms with van der Waals surface area (Å²) in [6.45, 7) is -0.296. The summed E-state index contributed by atoms with van der Waals surface area (Å²) in [5.74, 6) is -1.85. The molecule has 2 atom stereocenters. The van der Waals surface area contributed by atoms with Crippen LogP contribution in [0.4, 0.5) is 4.79 Å². The molecule has 138 valence electrons. The van der Waals surface area contributed by atoms with Gasteiger partial charge in [-0.05, 0) is 11.4 Å². The number of hydrogen-bond acceptors (Lipinski definition) is 7. The van der Waals surface area contributed by atoms with E-state index < -0.39 is 29.4 Å². The number of amides is 3. The number of nitrogens with two attached hydrogens (primary N) is 1. The van der Waals surface area contributed by atoms with E-state index in [0.29, 0.717) is 0 Å². The first-order chi connectivity index (χ1) is 12.4. The zero-order valence-corrected chi connectivity index (χ0v) is 15.0. The van der Waals surface area contributed by atoms with Crippen LogP contribution < -0.4 is 11.1 Å². The van der Waals surface area contributed by atoms with Crippen LogP contribution in [0.5, 0.6) is 0 Å². The van der Waals surface area contributed by atoms with Gasteiger partial charge in [0.25, 0.3) is 5.91 Å². The summed E-state index contributed by atoms with van der Waals surface area (Å²) in [4.78, 5) is 48.8. The fraction of sp³-hybridized carbons (Fsp3) is 0.333. The number of carbonyl (C=O) groups is 4. The van der Waals surface area contributed by atoms with E-state index in [-0.39, 0.29) is 36.0 Å². The molecule has 26 heavy (non-hydrogen) atoms. The summed E-state index contributed by atoms with van der Waals surface area (Å²) < 4.78 is 4.65. The molecule has 4 N–H and O–H groups in total. The van der Waals surface area contributed by atoms with Crippen molar-refractivity contribution in [2.75, 3.05) is 12.4 Å². The number of hydrogen-bond donors (Lipinski definition) is 3. The molecule has 1 aromatic rings. The Morgan fingerprint density at radius 1 is 1.42 bits per heavy atom. The number of rotatable bonds is 6. The van der Waals surface area contributed by atoms with E-state index in [4.69, 9.17) is 5.73 Å². The maximum absolute atomic E-state index is 12.4. The van der Waals surface area contributed by atoms with Crippen LogP contribution in [-0.4, -0.2) is 57.7 Å². The summed E-state index contributed by atoms with van der Waals surface area (Å²) >= 11 is 2.74. The topological polar surface area (TPSA) is 139 Å². The van der Waals surface area contributed by atoms with Gasteiger partial charge in [0.05, 0.1) is 6.42 Å². The van der Waals surface area contributed by atoms with Crippen molar-refractivity contribution in [2.45, 2.75) is 17.8 Å². The number of carboxylic acid groups (broad SMARTS) is 1. The van der Waals surface area contributed by atoms with Gasteiger partial charge in [-0.15, -0.1) is 23.1 Å². The van der Waals surface area contributed by atoms with Gasteiger partial charge in [-0.2, -0.15) is 0 Å². The molecule has 2 aliphatic rings. The SMILES string of the molecule is NC(=O)OCC1=C(C(=O)O)N2C(=O)C(NC(=O)Cc3cccs3)[C@H]2SC1. The van der Waals surface area contributed by atoms with E-state index in [9.17, 15) is 24.3 Å². The molecular weight excluding hydrogens is 382 g/mol. The lowest BCUT2D eigenvalue weighted by atomic mass is 10.0. The minimum absolute atomic E-state index is 0.165. The molecule has 0 radical (unpaired) electrons. The highest BCUT2D eigenvalue weighted by molar-refractivity contribution is 8.00. The number of ether oxygens (including phenoxy) is 1. The number of nitrogens with one attached hydrogen (secondary N) is 1. The average Bonchev–Trinajstić information content (AvgIpc) is 3.09.